The minimum Gasteiger partial charge on any atom is -0.334 e. The number of benzene rings is 1. The van der Waals surface area contributed by atoms with Gasteiger partial charge in [-0.15, -0.1) is 0 Å². The lowest BCUT2D eigenvalue weighted by atomic mass is 10.2. The van der Waals surface area contributed by atoms with Crippen molar-refractivity contribution in [3.8, 4) is 11.5 Å². The Morgan fingerprint density at radius 1 is 1.15 bits per heavy atom. The molecule has 0 spiro atoms. The second-order valence-electron chi connectivity index (χ2n) is 4.35. The molecular formula is C14H12N4O2. The Morgan fingerprint density at radius 3 is 2.75 bits per heavy atom. The minimum absolute atomic E-state index is 0.191. The molecule has 0 fully saturated rings. The van der Waals surface area contributed by atoms with E-state index in [1.54, 1.807) is 6.07 Å². The van der Waals surface area contributed by atoms with Crippen molar-refractivity contribution in [3.05, 3.63) is 64.3 Å². The second kappa shape index (κ2) is 5.08. The minimum atomic E-state index is -0.193. The van der Waals surface area contributed by atoms with E-state index in [1.165, 1.54) is 10.7 Å². The first kappa shape index (κ1) is 12.3. The predicted molar refractivity (Wildman–Crippen MR) is 72.1 cm³/mol. The molecule has 0 aliphatic heterocycles. The third kappa shape index (κ3) is 2.49. The number of hydrogen-bond acceptors (Lipinski definition) is 5. The number of aromatic nitrogens is 4. The largest absolute Gasteiger partial charge is 0.334 e. The first-order chi connectivity index (χ1) is 9.72. The number of aryl methyl sites for hydroxylation is 1. The Hall–Kier alpha value is -2.76. The van der Waals surface area contributed by atoms with Crippen molar-refractivity contribution in [2.24, 2.45) is 0 Å². The highest BCUT2D eigenvalue weighted by atomic mass is 16.5. The lowest BCUT2D eigenvalue weighted by molar-refractivity contribution is 0.417. The molecule has 0 radical (unpaired) electrons. The summed E-state index contributed by atoms with van der Waals surface area (Å²) in [4.78, 5) is 15.9. The zero-order valence-electron chi connectivity index (χ0n) is 10.9. The summed E-state index contributed by atoms with van der Waals surface area (Å²) in [5.41, 5.74) is 1.41. The molecule has 0 atom stereocenters. The number of hydrogen-bond donors (Lipinski definition) is 0. The molecule has 0 bridgehead atoms. The fraction of sp³-hybridized carbons (Fsp3) is 0.143. The van der Waals surface area contributed by atoms with Crippen molar-refractivity contribution in [2.75, 3.05) is 0 Å². The highest BCUT2D eigenvalue weighted by Crippen LogP contribution is 2.16. The third-order valence-electron chi connectivity index (χ3n) is 2.78. The molecule has 0 saturated carbocycles. The van der Waals surface area contributed by atoms with Crippen LogP contribution in [-0.4, -0.2) is 19.9 Å². The summed E-state index contributed by atoms with van der Waals surface area (Å²) in [5, 5.41) is 8.01. The van der Waals surface area contributed by atoms with Gasteiger partial charge >= 0.3 is 0 Å². The lowest BCUT2D eigenvalue weighted by Gasteiger charge is -2.00. The van der Waals surface area contributed by atoms with Crippen LogP contribution in [0.25, 0.3) is 11.5 Å². The molecular weight excluding hydrogens is 256 g/mol. The van der Waals surface area contributed by atoms with E-state index in [2.05, 4.69) is 15.2 Å². The van der Waals surface area contributed by atoms with Crippen molar-refractivity contribution < 1.29 is 4.52 Å². The summed E-state index contributed by atoms with van der Waals surface area (Å²) in [6, 6.07) is 12.6. The molecule has 0 N–H and O–H groups in total. The van der Waals surface area contributed by atoms with Crippen molar-refractivity contribution >= 4 is 0 Å². The van der Waals surface area contributed by atoms with Crippen LogP contribution in [0, 0.1) is 6.92 Å². The van der Waals surface area contributed by atoms with E-state index in [0.29, 0.717) is 11.7 Å². The molecule has 0 aliphatic carbocycles. The van der Waals surface area contributed by atoms with Gasteiger partial charge in [0.25, 0.3) is 11.4 Å². The van der Waals surface area contributed by atoms with E-state index in [-0.39, 0.29) is 12.1 Å². The van der Waals surface area contributed by atoms with Crippen LogP contribution in [0.2, 0.25) is 0 Å². The van der Waals surface area contributed by atoms with Crippen LogP contribution >= 0.6 is 0 Å². The van der Waals surface area contributed by atoms with Crippen LogP contribution in [0.3, 0.4) is 0 Å². The quantitative estimate of drug-likeness (QED) is 0.722. The van der Waals surface area contributed by atoms with Crippen LogP contribution in [-0.2, 0) is 6.54 Å². The molecule has 2 heterocycles. The smallest absolute Gasteiger partial charge is 0.267 e. The Morgan fingerprint density at radius 2 is 1.95 bits per heavy atom. The van der Waals surface area contributed by atoms with Crippen LogP contribution < -0.4 is 5.56 Å². The molecule has 1 aromatic carbocycles. The Balaban J connectivity index is 1.88. The van der Waals surface area contributed by atoms with Crippen molar-refractivity contribution in [1.29, 1.82) is 0 Å². The normalized spacial score (nSPS) is 10.7. The summed E-state index contributed by atoms with van der Waals surface area (Å²) < 4.78 is 6.50. The monoisotopic (exact) mass is 268 g/mol. The first-order valence-corrected chi connectivity index (χ1v) is 6.15. The summed E-state index contributed by atoms with van der Waals surface area (Å²) >= 11 is 0. The molecule has 6 nitrogen and oxygen atoms in total. The van der Waals surface area contributed by atoms with Crippen molar-refractivity contribution in [2.45, 2.75) is 13.5 Å². The van der Waals surface area contributed by atoms with Gasteiger partial charge in [0.1, 0.15) is 6.54 Å². The molecule has 3 aromatic rings. The van der Waals surface area contributed by atoms with Crippen LogP contribution in [0.1, 0.15) is 11.5 Å². The molecule has 2 aromatic heterocycles. The highest BCUT2D eigenvalue weighted by Gasteiger charge is 2.10. The zero-order valence-corrected chi connectivity index (χ0v) is 10.9. The maximum absolute atomic E-state index is 11.7. The Kier molecular flexibility index (Phi) is 3.12. The first-order valence-electron chi connectivity index (χ1n) is 6.15. The van der Waals surface area contributed by atoms with Gasteiger partial charge in [0.15, 0.2) is 5.82 Å². The third-order valence-corrected chi connectivity index (χ3v) is 2.78. The molecule has 0 aliphatic rings. The van der Waals surface area contributed by atoms with Gasteiger partial charge in [-0.1, -0.05) is 23.4 Å². The Labute approximate surface area is 114 Å². The average molecular weight is 268 g/mol. The van der Waals surface area contributed by atoms with Gasteiger partial charge in [-0.2, -0.15) is 10.1 Å². The molecule has 20 heavy (non-hydrogen) atoms. The summed E-state index contributed by atoms with van der Waals surface area (Å²) in [6.45, 7) is 2.01. The van der Waals surface area contributed by atoms with Gasteiger partial charge in [0.2, 0.25) is 0 Å². The lowest BCUT2D eigenvalue weighted by Crippen LogP contribution is -2.23. The predicted octanol–water partition coefficient (Wildman–Crippen LogP) is 1.65. The SMILES string of the molecule is Cc1ccc(=O)n(Cc2noc(-c3ccccc3)n2)n1. The van der Waals surface area contributed by atoms with E-state index in [4.69, 9.17) is 4.52 Å². The van der Waals surface area contributed by atoms with Crippen molar-refractivity contribution in [3.63, 3.8) is 0 Å². The fourth-order valence-electron chi connectivity index (χ4n) is 1.81. The van der Waals surface area contributed by atoms with Gasteiger partial charge in [0.05, 0.1) is 5.69 Å². The van der Waals surface area contributed by atoms with E-state index < -0.39 is 0 Å². The van der Waals surface area contributed by atoms with E-state index in [1.807, 2.05) is 37.3 Å². The molecule has 100 valence electrons. The van der Waals surface area contributed by atoms with E-state index in [9.17, 15) is 4.79 Å². The van der Waals surface area contributed by atoms with Gasteiger partial charge in [-0.25, -0.2) is 4.68 Å². The molecule has 0 unspecified atom stereocenters. The molecule has 6 heteroatoms. The Bertz CT molecular complexity index is 777. The average Bonchev–Trinajstić information content (AvgIpc) is 2.92. The summed E-state index contributed by atoms with van der Waals surface area (Å²) in [7, 11) is 0. The maximum Gasteiger partial charge on any atom is 0.267 e. The number of rotatable bonds is 3. The van der Waals surface area contributed by atoms with E-state index in [0.717, 1.165) is 11.3 Å². The second-order valence-corrected chi connectivity index (χ2v) is 4.35. The molecule has 0 saturated heterocycles. The van der Waals surface area contributed by atoms with Gasteiger partial charge in [-0.05, 0) is 25.1 Å². The summed E-state index contributed by atoms with van der Waals surface area (Å²) in [6.07, 6.45) is 0. The van der Waals surface area contributed by atoms with Crippen LogP contribution in [0.5, 0.6) is 0 Å². The fourth-order valence-corrected chi connectivity index (χ4v) is 1.81. The molecule has 0 amide bonds. The van der Waals surface area contributed by atoms with Gasteiger partial charge in [-0.3, -0.25) is 4.79 Å². The summed E-state index contributed by atoms with van der Waals surface area (Å²) in [5.74, 6) is 0.852. The van der Waals surface area contributed by atoms with Crippen molar-refractivity contribution in [1.82, 2.24) is 19.9 Å². The van der Waals surface area contributed by atoms with Gasteiger partial charge < -0.3 is 4.52 Å². The topological polar surface area (TPSA) is 73.8 Å². The highest BCUT2D eigenvalue weighted by molar-refractivity contribution is 5.51. The number of nitrogens with zero attached hydrogens (tertiary/aromatic N) is 4. The molecule has 3 rings (SSSR count). The van der Waals surface area contributed by atoms with Crippen LogP contribution in [0.15, 0.2) is 51.8 Å². The van der Waals surface area contributed by atoms with Crippen LogP contribution in [0.4, 0.5) is 0 Å². The maximum atomic E-state index is 11.7. The van der Waals surface area contributed by atoms with E-state index >= 15 is 0 Å². The van der Waals surface area contributed by atoms with Gasteiger partial charge in [0, 0.05) is 11.6 Å². The standard InChI is InChI=1S/C14H12N4O2/c1-10-7-8-13(19)18(16-10)9-12-15-14(20-17-12)11-5-3-2-4-6-11/h2-8H,9H2,1H3. The zero-order chi connectivity index (χ0) is 13.9.